The van der Waals surface area contributed by atoms with Crippen molar-refractivity contribution in [1.29, 1.82) is 0 Å². The monoisotopic (exact) mass is 288 g/mol. The zero-order valence-corrected chi connectivity index (χ0v) is 12.2. The van der Waals surface area contributed by atoms with Gasteiger partial charge in [-0.25, -0.2) is 0 Å². The first kappa shape index (κ1) is 15.2. The molecule has 0 bridgehead atoms. The van der Waals surface area contributed by atoms with Crippen molar-refractivity contribution in [3.05, 3.63) is 47.6 Å². The number of hydrogen-bond acceptors (Lipinski definition) is 5. The lowest BCUT2D eigenvalue weighted by atomic mass is 10.0. The molecule has 0 radical (unpaired) electrons. The average Bonchev–Trinajstić information content (AvgIpc) is 2.87. The van der Waals surface area contributed by atoms with Crippen LogP contribution in [0.5, 0.6) is 0 Å². The Morgan fingerprint density at radius 2 is 2.05 bits per heavy atom. The third-order valence-electron chi connectivity index (χ3n) is 3.16. The molecule has 0 saturated heterocycles. The standard InChI is InChI=1S/C15H20N4O2/c1-10(2)14(15(16)20)17-9-13-18-12(19-21-13)8-11-6-4-3-5-7-11/h3-7,10,14,17H,8-9H2,1-2H3,(H2,16,20). The van der Waals surface area contributed by atoms with E-state index >= 15 is 0 Å². The molecule has 0 aliphatic carbocycles. The molecule has 0 fully saturated rings. The van der Waals surface area contributed by atoms with Gasteiger partial charge in [0.15, 0.2) is 5.82 Å². The van der Waals surface area contributed by atoms with Crippen molar-refractivity contribution in [3.63, 3.8) is 0 Å². The molecule has 1 heterocycles. The normalized spacial score (nSPS) is 12.5. The minimum Gasteiger partial charge on any atom is -0.368 e. The summed E-state index contributed by atoms with van der Waals surface area (Å²) in [7, 11) is 0. The Kier molecular flexibility index (Phi) is 5.05. The molecule has 1 atom stereocenters. The maximum Gasteiger partial charge on any atom is 0.240 e. The zero-order valence-electron chi connectivity index (χ0n) is 12.2. The smallest absolute Gasteiger partial charge is 0.240 e. The number of benzene rings is 1. The van der Waals surface area contributed by atoms with Crippen LogP contribution in [0, 0.1) is 5.92 Å². The molecule has 21 heavy (non-hydrogen) atoms. The Morgan fingerprint density at radius 3 is 2.67 bits per heavy atom. The molecule has 6 nitrogen and oxygen atoms in total. The second-order valence-corrected chi connectivity index (χ2v) is 5.27. The van der Waals surface area contributed by atoms with Crippen LogP contribution in [-0.2, 0) is 17.8 Å². The Hall–Kier alpha value is -2.21. The van der Waals surface area contributed by atoms with Crippen molar-refractivity contribution >= 4 is 5.91 Å². The molecule has 2 aromatic rings. The Labute approximate surface area is 123 Å². The number of nitrogens with one attached hydrogen (secondary N) is 1. The van der Waals surface area contributed by atoms with Crippen LogP contribution >= 0.6 is 0 Å². The second kappa shape index (κ2) is 6.99. The first-order chi connectivity index (χ1) is 10.1. The van der Waals surface area contributed by atoms with Gasteiger partial charge in [0.25, 0.3) is 0 Å². The fourth-order valence-electron chi connectivity index (χ4n) is 2.07. The van der Waals surface area contributed by atoms with Crippen LogP contribution in [0.4, 0.5) is 0 Å². The third-order valence-corrected chi connectivity index (χ3v) is 3.16. The topological polar surface area (TPSA) is 94.0 Å². The van der Waals surface area contributed by atoms with Gasteiger partial charge in [0, 0.05) is 6.42 Å². The van der Waals surface area contributed by atoms with E-state index in [9.17, 15) is 4.79 Å². The van der Waals surface area contributed by atoms with Gasteiger partial charge in [0.05, 0.1) is 12.6 Å². The largest absolute Gasteiger partial charge is 0.368 e. The summed E-state index contributed by atoms with van der Waals surface area (Å²) in [6.07, 6.45) is 0.619. The lowest BCUT2D eigenvalue weighted by Gasteiger charge is -2.17. The minimum atomic E-state index is -0.408. The zero-order chi connectivity index (χ0) is 15.2. The van der Waals surface area contributed by atoms with Gasteiger partial charge in [-0.15, -0.1) is 0 Å². The van der Waals surface area contributed by atoms with E-state index in [4.69, 9.17) is 10.3 Å². The Bertz CT molecular complexity index is 580. The quantitative estimate of drug-likeness (QED) is 0.800. The maximum atomic E-state index is 11.3. The van der Waals surface area contributed by atoms with Gasteiger partial charge in [-0.1, -0.05) is 49.3 Å². The van der Waals surface area contributed by atoms with Gasteiger partial charge >= 0.3 is 0 Å². The van der Waals surface area contributed by atoms with E-state index in [1.165, 1.54) is 0 Å². The lowest BCUT2D eigenvalue weighted by molar-refractivity contribution is -0.121. The van der Waals surface area contributed by atoms with Gasteiger partial charge in [-0.2, -0.15) is 4.98 Å². The summed E-state index contributed by atoms with van der Waals surface area (Å²) >= 11 is 0. The van der Waals surface area contributed by atoms with Gasteiger partial charge < -0.3 is 10.3 Å². The van der Waals surface area contributed by atoms with Crippen LogP contribution < -0.4 is 11.1 Å². The predicted octanol–water partition coefficient (Wildman–Crippen LogP) is 1.26. The summed E-state index contributed by atoms with van der Waals surface area (Å²) in [5.74, 6) is 0.800. The van der Waals surface area contributed by atoms with E-state index in [1.807, 2.05) is 44.2 Å². The fourth-order valence-corrected chi connectivity index (χ4v) is 2.07. The van der Waals surface area contributed by atoms with E-state index in [0.29, 0.717) is 24.7 Å². The molecule has 1 aromatic carbocycles. The predicted molar refractivity (Wildman–Crippen MR) is 78.2 cm³/mol. The van der Waals surface area contributed by atoms with Crippen molar-refractivity contribution in [1.82, 2.24) is 15.5 Å². The number of nitrogens with zero attached hydrogens (tertiary/aromatic N) is 2. The van der Waals surface area contributed by atoms with E-state index in [1.54, 1.807) is 0 Å². The summed E-state index contributed by atoms with van der Waals surface area (Å²) in [5.41, 5.74) is 6.46. The minimum absolute atomic E-state index is 0.106. The molecule has 0 saturated carbocycles. The highest BCUT2D eigenvalue weighted by molar-refractivity contribution is 5.80. The first-order valence-electron chi connectivity index (χ1n) is 6.94. The van der Waals surface area contributed by atoms with Gasteiger partial charge in [0.2, 0.25) is 11.8 Å². The van der Waals surface area contributed by atoms with Crippen molar-refractivity contribution in [2.45, 2.75) is 32.9 Å². The van der Waals surface area contributed by atoms with Crippen LogP contribution in [0.1, 0.15) is 31.1 Å². The first-order valence-corrected chi connectivity index (χ1v) is 6.94. The molecular weight excluding hydrogens is 268 g/mol. The lowest BCUT2D eigenvalue weighted by Crippen LogP contribution is -2.44. The van der Waals surface area contributed by atoms with Crippen LogP contribution in [0.2, 0.25) is 0 Å². The molecular formula is C15H20N4O2. The third kappa shape index (κ3) is 4.39. The van der Waals surface area contributed by atoms with Crippen molar-refractivity contribution in [3.8, 4) is 0 Å². The van der Waals surface area contributed by atoms with E-state index in [2.05, 4.69) is 15.5 Å². The van der Waals surface area contributed by atoms with Crippen LogP contribution in [0.3, 0.4) is 0 Å². The van der Waals surface area contributed by atoms with E-state index in [-0.39, 0.29) is 11.8 Å². The van der Waals surface area contributed by atoms with Crippen LogP contribution in [0.15, 0.2) is 34.9 Å². The van der Waals surface area contributed by atoms with Crippen molar-refractivity contribution in [2.75, 3.05) is 0 Å². The number of aromatic nitrogens is 2. The number of hydrogen-bond donors (Lipinski definition) is 2. The molecule has 2 rings (SSSR count). The number of carbonyl (C=O) groups excluding carboxylic acids is 1. The molecule has 112 valence electrons. The highest BCUT2D eigenvalue weighted by atomic mass is 16.5. The highest BCUT2D eigenvalue weighted by Crippen LogP contribution is 2.07. The van der Waals surface area contributed by atoms with Crippen molar-refractivity contribution < 1.29 is 9.32 Å². The summed E-state index contributed by atoms with van der Waals surface area (Å²) in [6.45, 7) is 4.18. The fraction of sp³-hybridized carbons (Fsp3) is 0.400. The highest BCUT2D eigenvalue weighted by Gasteiger charge is 2.19. The van der Waals surface area contributed by atoms with E-state index in [0.717, 1.165) is 5.56 Å². The number of carbonyl (C=O) groups is 1. The van der Waals surface area contributed by atoms with Gasteiger partial charge in [-0.05, 0) is 11.5 Å². The molecule has 1 unspecified atom stereocenters. The van der Waals surface area contributed by atoms with Gasteiger partial charge in [-0.3, -0.25) is 10.1 Å². The molecule has 3 N–H and O–H groups in total. The summed E-state index contributed by atoms with van der Waals surface area (Å²) in [5, 5.41) is 6.98. The molecule has 0 spiro atoms. The number of amides is 1. The molecule has 6 heteroatoms. The number of primary amides is 1. The molecule has 1 amide bonds. The Morgan fingerprint density at radius 1 is 1.33 bits per heavy atom. The summed E-state index contributed by atoms with van der Waals surface area (Å²) in [6, 6.07) is 9.52. The van der Waals surface area contributed by atoms with Gasteiger partial charge in [0.1, 0.15) is 0 Å². The van der Waals surface area contributed by atoms with Crippen LogP contribution in [0.25, 0.3) is 0 Å². The molecule has 0 aliphatic heterocycles. The average molecular weight is 288 g/mol. The SMILES string of the molecule is CC(C)C(NCc1nc(Cc2ccccc2)no1)C(N)=O. The number of nitrogens with two attached hydrogens (primary N) is 1. The molecule has 1 aromatic heterocycles. The maximum absolute atomic E-state index is 11.3. The summed E-state index contributed by atoms with van der Waals surface area (Å²) < 4.78 is 5.17. The molecule has 0 aliphatic rings. The van der Waals surface area contributed by atoms with Crippen LogP contribution in [-0.4, -0.2) is 22.1 Å². The van der Waals surface area contributed by atoms with E-state index < -0.39 is 6.04 Å². The second-order valence-electron chi connectivity index (χ2n) is 5.27. The van der Waals surface area contributed by atoms with Crippen molar-refractivity contribution in [2.24, 2.45) is 11.7 Å². The Balaban J connectivity index is 1.93. The summed E-state index contributed by atoms with van der Waals surface area (Å²) in [4.78, 5) is 15.6. The number of rotatable bonds is 7.